The van der Waals surface area contributed by atoms with Gasteiger partial charge >= 0.3 is 0 Å². The molecule has 1 aromatic carbocycles. The molecule has 4 nitrogen and oxygen atoms in total. The normalized spacial score (nSPS) is 18.1. The zero-order valence-corrected chi connectivity index (χ0v) is 11.7. The van der Waals surface area contributed by atoms with Crippen molar-refractivity contribution in [1.29, 1.82) is 0 Å². The predicted octanol–water partition coefficient (Wildman–Crippen LogP) is 2.42. The molecule has 0 N–H and O–H groups in total. The number of hydrogen-bond acceptors (Lipinski definition) is 3. The Balaban J connectivity index is 2.18. The summed E-state index contributed by atoms with van der Waals surface area (Å²) >= 11 is 0. The van der Waals surface area contributed by atoms with Crippen molar-refractivity contribution in [3.05, 3.63) is 29.6 Å². The van der Waals surface area contributed by atoms with E-state index in [1.807, 2.05) is 0 Å². The minimum atomic E-state index is -0.555. The number of ketones is 1. The first-order valence-corrected chi connectivity index (χ1v) is 6.67. The van der Waals surface area contributed by atoms with E-state index in [1.54, 1.807) is 11.0 Å². The average Bonchev–Trinajstić information content (AvgIpc) is 2.85. The lowest BCUT2D eigenvalue weighted by Gasteiger charge is -2.24. The van der Waals surface area contributed by atoms with Crippen molar-refractivity contribution in [2.24, 2.45) is 0 Å². The summed E-state index contributed by atoms with van der Waals surface area (Å²) in [6.45, 7) is 2.14. The maximum Gasteiger partial charge on any atom is 0.254 e. The molecule has 1 amide bonds. The highest BCUT2D eigenvalue weighted by Gasteiger charge is 2.30. The van der Waals surface area contributed by atoms with Crippen LogP contribution in [0.2, 0.25) is 0 Å². The van der Waals surface area contributed by atoms with Crippen LogP contribution in [-0.4, -0.2) is 36.3 Å². The molecule has 0 aromatic heterocycles. The molecule has 1 aromatic rings. The molecule has 108 valence electrons. The Kier molecular flexibility index (Phi) is 4.37. The maximum absolute atomic E-state index is 13.7. The lowest BCUT2D eigenvalue weighted by Crippen LogP contribution is -2.36. The van der Waals surface area contributed by atoms with Crippen LogP contribution in [0.25, 0.3) is 0 Å². The van der Waals surface area contributed by atoms with E-state index in [4.69, 9.17) is 4.74 Å². The quantitative estimate of drug-likeness (QED) is 0.850. The molecule has 1 heterocycles. The first-order valence-electron chi connectivity index (χ1n) is 6.67. The van der Waals surface area contributed by atoms with Crippen molar-refractivity contribution >= 4 is 11.7 Å². The van der Waals surface area contributed by atoms with Gasteiger partial charge in [-0.15, -0.1) is 0 Å². The minimum absolute atomic E-state index is 0.0647. The third-order valence-electron chi connectivity index (χ3n) is 3.56. The highest BCUT2D eigenvalue weighted by Crippen LogP contribution is 2.24. The molecule has 1 saturated heterocycles. The molecule has 1 unspecified atom stereocenters. The van der Waals surface area contributed by atoms with E-state index in [0.717, 1.165) is 12.8 Å². The topological polar surface area (TPSA) is 46.6 Å². The molecule has 0 radical (unpaired) electrons. The van der Waals surface area contributed by atoms with Crippen molar-refractivity contribution < 1.29 is 18.7 Å². The van der Waals surface area contributed by atoms with Gasteiger partial charge in [-0.1, -0.05) is 0 Å². The van der Waals surface area contributed by atoms with E-state index in [-0.39, 0.29) is 23.5 Å². The van der Waals surface area contributed by atoms with Gasteiger partial charge in [0.25, 0.3) is 5.91 Å². The third kappa shape index (κ3) is 2.98. The molecule has 1 atom stereocenters. The number of likely N-dealkylation sites (tertiary alicyclic amines) is 1. The zero-order chi connectivity index (χ0) is 14.7. The van der Waals surface area contributed by atoms with E-state index in [9.17, 15) is 14.0 Å². The molecule has 1 fully saturated rings. The number of halogens is 1. The smallest absolute Gasteiger partial charge is 0.254 e. The molecule has 2 rings (SSSR count). The van der Waals surface area contributed by atoms with Gasteiger partial charge in [-0.3, -0.25) is 9.59 Å². The number of nitrogens with zero attached hydrogens (tertiary/aromatic N) is 1. The Bertz CT molecular complexity index is 530. The van der Waals surface area contributed by atoms with Crippen molar-refractivity contribution in [2.45, 2.75) is 32.2 Å². The van der Waals surface area contributed by atoms with Gasteiger partial charge < -0.3 is 9.64 Å². The Labute approximate surface area is 117 Å². The first-order chi connectivity index (χ1) is 9.52. The maximum atomic E-state index is 13.7. The summed E-state index contributed by atoms with van der Waals surface area (Å²) in [5.41, 5.74) is 0.291. The average molecular weight is 279 g/mol. The Morgan fingerprint density at radius 2 is 2.20 bits per heavy atom. The van der Waals surface area contributed by atoms with Crippen LogP contribution in [0, 0.1) is 5.82 Å². The number of ether oxygens (including phenoxy) is 1. The Morgan fingerprint density at radius 3 is 2.80 bits per heavy atom. The Hall–Kier alpha value is -1.91. The van der Waals surface area contributed by atoms with Gasteiger partial charge in [0.05, 0.1) is 7.11 Å². The minimum Gasteiger partial charge on any atom is -0.494 e. The van der Waals surface area contributed by atoms with Gasteiger partial charge in [0.1, 0.15) is 5.78 Å². The molecule has 5 heteroatoms. The van der Waals surface area contributed by atoms with Crippen LogP contribution in [0.15, 0.2) is 18.2 Å². The van der Waals surface area contributed by atoms with Gasteiger partial charge in [0.2, 0.25) is 0 Å². The van der Waals surface area contributed by atoms with Crippen LogP contribution in [-0.2, 0) is 4.79 Å². The number of amides is 1. The molecule has 0 aliphatic carbocycles. The largest absolute Gasteiger partial charge is 0.494 e. The zero-order valence-electron chi connectivity index (χ0n) is 11.7. The van der Waals surface area contributed by atoms with E-state index in [0.29, 0.717) is 18.5 Å². The fourth-order valence-electron chi connectivity index (χ4n) is 2.61. The third-order valence-corrected chi connectivity index (χ3v) is 3.56. The second-order valence-corrected chi connectivity index (χ2v) is 5.05. The molecular formula is C15H18FNO3. The van der Waals surface area contributed by atoms with E-state index < -0.39 is 5.82 Å². The molecule has 0 spiro atoms. The molecule has 1 aliphatic heterocycles. The molecular weight excluding hydrogens is 261 g/mol. The summed E-state index contributed by atoms with van der Waals surface area (Å²) < 4.78 is 18.5. The predicted molar refractivity (Wildman–Crippen MR) is 72.3 cm³/mol. The Morgan fingerprint density at radius 1 is 1.45 bits per heavy atom. The highest BCUT2D eigenvalue weighted by atomic mass is 19.1. The first kappa shape index (κ1) is 14.5. The highest BCUT2D eigenvalue weighted by molar-refractivity contribution is 5.95. The van der Waals surface area contributed by atoms with E-state index >= 15 is 0 Å². The van der Waals surface area contributed by atoms with E-state index in [2.05, 4.69) is 0 Å². The fraction of sp³-hybridized carbons (Fsp3) is 0.467. The number of Topliss-reactive ketones (excluding diaryl/α,β-unsaturated/α-hetero) is 1. The van der Waals surface area contributed by atoms with Crippen LogP contribution < -0.4 is 4.74 Å². The van der Waals surface area contributed by atoms with Crippen LogP contribution in [0.4, 0.5) is 4.39 Å². The molecule has 1 aliphatic rings. The van der Waals surface area contributed by atoms with Crippen molar-refractivity contribution in [2.75, 3.05) is 13.7 Å². The summed E-state index contributed by atoms with van der Waals surface area (Å²) in [4.78, 5) is 25.3. The van der Waals surface area contributed by atoms with Gasteiger partial charge in [0.15, 0.2) is 11.6 Å². The van der Waals surface area contributed by atoms with Gasteiger partial charge in [-0.05, 0) is 38.0 Å². The number of carbonyl (C=O) groups excluding carboxylic acids is 2. The van der Waals surface area contributed by atoms with Gasteiger partial charge in [-0.2, -0.15) is 0 Å². The second kappa shape index (κ2) is 6.03. The second-order valence-electron chi connectivity index (χ2n) is 5.05. The number of rotatable bonds is 4. The number of benzene rings is 1. The van der Waals surface area contributed by atoms with Gasteiger partial charge in [0, 0.05) is 24.6 Å². The lowest BCUT2D eigenvalue weighted by atomic mass is 10.1. The lowest BCUT2D eigenvalue weighted by molar-refractivity contribution is -0.117. The van der Waals surface area contributed by atoms with Gasteiger partial charge in [-0.25, -0.2) is 4.39 Å². The fourth-order valence-corrected chi connectivity index (χ4v) is 2.61. The van der Waals surface area contributed by atoms with Crippen molar-refractivity contribution in [1.82, 2.24) is 4.90 Å². The standard InChI is InChI=1S/C15H18FNO3/c1-10(18)8-12-4-3-7-17(12)15(19)11-5-6-14(20-2)13(16)9-11/h5-6,9,12H,3-4,7-8H2,1-2H3. The summed E-state index contributed by atoms with van der Waals surface area (Å²) in [6.07, 6.45) is 2.07. The van der Waals surface area contributed by atoms with Crippen LogP contribution in [0.1, 0.15) is 36.5 Å². The SMILES string of the molecule is COc1ccc(C(=O)N2CCCC2CC(C)=O)cc1F. The number of methoxy groups -OCH3 is 1. The van der Waals surface area contributed by atoms with Crippen molar-refractivity contribution in [3.8, 4) is 5.75 Å². The van der Waals surface area contributed by atoms with Crippen LogP contribution >= 0.6 is 0 Å². The van der Waals surface area contributed by atoms with Crippen molar-refractivity contribution in [3.63, 3.8) is 0 Å². The van der Waals surface area contributed by atoms with Crippen LogP contribution in [0.3, 0.4) is 0 Å². The number of carbonyl (C=O) groups is 2. The van der Waals surface area contributed by atoms with Crippen LogP contribution in [0.5, 0.6) is 5.75 Å². The molecule has 20 heavy (non-hydrogen) atoms. The van der Waals surface area contributed by atoms with E-state index in [1.165, 1.54) is 26.2 Å². The monoisotopic (exact) mass is 279 g/mol. The summed E-state index contributed by atoms with van der Waals surface area (Å²) in [6, 6.07) is 4.11. The summed E-state index contributed by atoms with van der Waals surface area (Å²) in [5.74, 6) is -0.602. The molecule has 0 bridgehead atoms. The summed E-state index contributed by atoms with van der Waals surface area (Å²) in [7, 11) is 1.38. The molecule has 0 saturated carbocycles. The summed E-state index contributed by atoms with van der Waals surface area (Å²) in [5, 5.41) is 0. The number of hydrogen-bond donors (Lipinski definition) is 0.